The topological polar surface area (TPSA) is 32.6 Å². The van der Waals surface area contributed by atoms with E-state index >= 15 is 0 Å². The molecule has 0 radical (unpaired) electrons. The lowest BCUT2D eigenvalue weighted by molar-refractivity contribution is 0.474. The first-order valence-corrected chi connectivity index (χ1v) is 4.34. The highest BCUT2D eigenvalue weighted by atomic mass is 32.2. The van der Waals surface area contributed by atoms with Crippen LogP contribution in [-0.2, 0) is 0 Å². The molecule has 60 valence electrons. The second-order valence-corrected chi connectivity index (χ2v) is 3.26. The van der Waals surface area contributed by atoms with E-state index in [0.29, 0.717) is 0 Å². The van der Waals surface area contributed by atoms with Crippen molar-refractivity contribution in [2.45, 2.75) is 4.90 Å². The smallest absolute Gasteiger partial charge is 0.116 e. The second kappa shape index (κ2) is 3.03. The molecule has 1 aliphatic heterocycles. The number of benzene rings is 1. The van der Waals surface area contributed by atoms with Gasteiger partial charge in [-0.3, -0.25) is 0 Å². The summed E-state index contributed by atoms with van der Waals surface area (Å²) in [6.07, 6.45) is 5.59. The van der Waals surface area contributed by atoms with E-state index in [0.717, 1.165) is 10.5 Å². The van der Waals surface area contributed by atoms with E-state index in [1.54, 1.807) is 18.3 Å². The zero-order valence-corrected chi connectivity index (χ0v) is 7.08. The normalized spacial score (nSPS) is 14.0. The second-order valence-electron chi connectivity index (χ2n) is 2.43. The summed E-state index contributed by atoms with van der Waals surface area (Å²) in [6, 6.07) is 5.27. The van der Waals surface area contributed by atoms with Crippen LogP contribution in [0.4, 0.5) is 0 Å². The molecule has 0 aromatic heterocycles. The van der Waals surface area contributed by atoms with E-state index in [1.807, 2.05) is 18.2 Å². The third-order valence-corrected chi connectivity index (χ3v) is 2.35. The Kier molecular flexibility index (Phi) is 1.87. The zero-order valence-electron chi connectivity index (χ0n) is 6.27. The van der Waals surface area contributed by atoms with Crippen LogP contribution in [-0.4, -0.2) is 11.3 Å². The van der Waals surface area contributed by atoms with E-state index in [2.05, 4.69) is 4.40 Å². The van der Waals surface area contributed by atoms with Gasteiger partial charge in [0, 0.05) is 23.1 Å². The van der Waals surface area contributed by atoms with Gasteiger partial charge in [0.1, 0.15) is 5.75 Å². The molecule has 0 unspecified atom stereocenters. The van der Waals surface area contributed by atoms with Gasteiger partial charge in [-0.2, -0.15) is 0 Å². The molecule has 2 rings (SSSR count). The monoisotopic (exact) mass is 177 g/mol. The number of nitrogens with zero attached hydrogens (tertiary/aromatic N) is 1. The molecule has 1 aromatic carbocycles. The molecule has 3 heteroatoms. The molecule has 1 aromatic rings. The summed E-state index contributed by atoms with van der Waals surface area (Å²) in [5.41, 5.74) is 1.09. The van der Waals surface area contributed by atoms with Gasteiger partial charge >= 0.3 is 0 Å². The first kappa shape index (κ1) is 7.43. The lowest BCUT2D eigenvalue weighted by atomic mass is 10.2. The predicted molar refractivity (Wildman–Crippen MR) is 51.5 cm³/mol. The maximum atomic E-state index is 9.19. The first-order valence-electron chi connectivity index (χ1n) is 3.56. The maximum absolute atomic E-state index is 9.19. The molecule has 0 saturated carbocycles. The number of phenolic OH excluding ortho intramolecular Hbond substituents is 1. The SMILES string of the molecule is Oc1ccc2c(c1)SN=CC=C2. The number of fused-ring (bicyclic) bond motifs is 1. The van der Waals surface area contributed by atoms with Gasteiger partial charge in [0.15, 0.2) is 0 Å². The van der Waals surface area contributed by atoms with Crippen LogP contribution in [0.15, 0.2) is 33.6 Å². The molecule has 1 N–H and O–H groups in total. The number of hydrogen-bond donors (Lipinski definition) is 1. The fourth-order valence-electron chi connectivity index (χ4n) is 1.01. The van der Waals surface area contributed by atoms with Crippen LogP contribution in [0.25, 0.3) is 6.08 Å². The molecule has 2 nitrogen and oxygen atoms in total. The molecule has 0 aliphatic carbocycles. The van der Waals surface area contributed by atoms with E-state index in [-0.39, 0.29) is 5.75 Å². The highest BCUT2D eigenvalue weighted by Gasteiger charge is 2.02. The molecule has 0 amide bonds. The summed E-state index contributed by atoms with van der Waals surface area (Å²) in [5, 5.41) is 9.19. The van der Waals surface area contributed by atoms with Crippen molar-refractivity contribution in [3.63, 3.8) is 0 Å². The quantitative estimate of drug-likeness (QED) is 0.617. The van der Waals surface area contributed by atoms with Gasteiger partial charge in [-0.25, -0.2) is 4.40 Å². The molecular formula is C9H7NOS. The number of hydrogen-bond acceptors (Lipinski definition) is 3. The standard InChI is InChI=1S/C9H7NOS/c11-8-4-3-7-2-1-5-10-12-9(7)6-8/h1-6,11H. The van der Waals surface area contributed by atoms with Crippen molar-refractivity contribution >= 4 is 24.2 Å². The van der Waals surface area contributed by atoms with Crippen molar-refractivity contribution < 1.29 is 5.11 Å². The number of rotatable bonds is 0. The van der Waals surface area contributed by atoms with Crippen molar-refractivity contribution in [2.24, 2.45) is 4.40 Å². The highest BCUT2D eigenvalue weighted by molar-refractivity contribution is 7.98. The Morgan fingerprint density at radius 3 is 3.17 bits per heavy atom. The minimum atomic E-state index is 0.284. The van der Waals surface area contributed by atoms with E-state index in [4.69, 9.17) is 0 Å². The molecule has 0 saturated heterocycles. The third kappa shape index (κ3) is 1.36. The van der Waals surface area contributed by atoms with Gasteiger partial charge in [-0.1, -0.05) is 12.1 Å². The van der Waals surface area contributed by atoms with Crippen LogP contribution in [0, 0.1) is 0 Å². The van der Waals surface area contributed by atoms with Crippen molar-refractivity contribution in [1.82, 2.24) is 0 Å². The summed E-state index contributed by atoms with van der Waals surface area (Å²) in [7, 11) is 0. The van der Waals surface area contributed by atoms with Crippen LogP contribution in [0.1, 0.15) is 5.56 Å². The molecule has 0 atom stereocenters. The summed E-state index contributed by atoms with van der Waals surface area (Å²) in [6.45, 7) is 0. The van der Waals surface area contributed by atoms with Crippen LogP contribution in [0.2, 0.25) is 0 Å². The van der Waals surface area contributed by atoms with E-state index < -0.39 is 0 Å². The Labute approximate surface area is 74.8 Å². The largest absolute Gasteiger partial charge is 0.508 e. The Balaban J connectivity index is 2.53. The molecule has 1 aliphatic rings. The molecule has 0 bridgehead atoms. The Bertz CT molecular complexity index is 358. The van der Waals surface area contributed by atoms with Crippen LogP contribution in [0.3, 0.4) is 0 Å². The van der Waals surface area contributed by atoms with Crippen LogP contribution < -0.4 is 0 Å². The van der Waals surface area contributed by atoms with Gasteiger partial charge in [0.2, 0.25) is 0 Å². The number of phenols is 1. The Morgan fingerprint density at radius 1 is 1.33 bits per heavy atom. The minimum absolute atomic E-state index is 0.284. The average Bonchev–Trinajstić information content (AvgIpc) is 2.28. The summed E-state index contributed by atoms with van der Waals surface area (Å²) in [5.74, 6) is 0.284. The van der Waals surface area contributed by atoms with Crippen LogP contribution >= 0.6 is 11.9 Å². The molecule has 1 heterocycles. The Morgan fingerprint density at radius 2 is 2.25 bits per heavy atom. The van der Waals surface area contributed by atoms with Gasteiger partial charge in [0.25, 0.3) is 0 Å². The molecule has 0 spiro atoms. The zero-order chi connectivity index (χ0) is 8.39. The van der Waals surface area contributed by atoms with E-state index in [9.17, 15) is 5.11 Å². The van der Waals surface area contributed by atoms with Gasteiger partial charge in [-0.15, -0.1) is 0 Å². The van der Waals surface area contributed by atoms with Gasteiger partial charge in [0.05, 0.1) is 0 Å². The molecular weight excluding hydrogens is 170 g/mol. The summed E-state index contributed by atoms with van der Waals surface area (Å²) in [4.78, 5) is 0.986. The van der Waals surface area contributed by atoms with Crippen LogP contribution in [0.5, 0.6) is 5.75 Å². The van der Waals surface area contributed by atoms with Crippen molar-refractivity contribution in [2.75, 3.05) is 0 Å². The highest BCUT2D eigenvalue weighted by Crippen LogP contribution is 2.29. The number of aromatic hydroxyl groups is 1. The first-order chi connectivity index (χ1) is 5.86. The fraction of sp³-hybridized carbons (Fsp3) is 0. The minimum Gasteiger partial charge on any atom is -0.508 e. The van der Waals surface area contributed by atoms with Crippen molar-refractivity contribution in [1.29, 1.82) is 0 Å². The summed E-state index contributed by atoms with van der Waals surface area (Å²) < 4.78 is 4.05. The maximum Gasteiger partial charge on any atom is 0.116 e. The van der Waals surface area contributed by atoms with Gasteiger partial charge in [-0.05, 0) is 23.8 Å². The van der Waals surface area contributed by atoms with E-state index in [1.165, 1.54) is 11.9 Å². The lowest BCUT2D eigenvalue weighted by Crippen LogP contribution is -1.76. The third-order valence-electron chi connectivity index (χ3n) is 1.57. The molecule has 12 heavy (non-hydrogen) atoms. The van der Waals surface area contributed by atoms with Crippen molar-refractivity contribution in [3.05, 3.63) is 29.8 Å². The Hall–Kier alpha value is -1.22. The van der Waals surface area contributed by atoms with Gasteiger partial charge < -0.3 is 5.11 Å². The van der Waals surface area contributed by atoms with Crippen molar-refractivity contribution in [3.8, 4) is 5.75 Å². The average molecular weight is 177 g/mol. The predicted octanol–water partition coefficient (Wildman–Crippen LogP) is 2.50. The lowest BCUT2D eigenvalue weighted by Gasteiger charge is -2.00. The fourth-order valence-corrected chi connectivity index (χ4v) is 1.67. The molecule has 0 fully saturated rings. The number of allylic oxidation sites excluding steroid dienone is 1. The summed E-state index contributed by atoms with van der Waals surface area (Å²) >= 11 is 1.37.